The van der Waals surface area contributed by atoms with Gasteiger partial charge in [-0.2, -0.15) is 0 Å². The Morgan fingerprint density at radius 3 is 2.80 bits per heavy atom. The molecule has 2 fully saturated rings. The average molecular weight is 275 g/mol. The van der Waals surface area contributed by atoms with Crippen molar-refractivity contribution in [3.05, 3.63) is 29.8 Å². The highest BCUT2D eigenvalue weighted by Crippen LogP contribution is 2.33. The Balaban J connectivity index is 1.68. The smallest absolute Gasteiger partial charge is 0.253 e. The molecule has 1 amide bonds. The topological polar surface area (TPSA) is 38.8 Å². The fraction of sp³-hybridized carbons (Fsp3) is 0.562. The number of hydrogen-bond acceptors (Lipinski definition) is 3. The van der Waals surface area contributed by atoms with Crippen LogP contribution in [0, 0.1) is 5.92 Å². The van der Waals surface area contributed by atoms with Gasteiger partial charge in [0.05, 0.1) is 19.3 Å². The summed E-state index contributed by atoms with van der Waals surface area (Å²) in [7, 11) is 1.63. The number of nitrogens with zero attached hydrogens (tertiary/aromatic N) is 1. The van der Waals surface area contributed by atoms with E-state index in [9.17, 15) is 4.79 Å². The van der Waals surface area contributed by atoms with Crippen LogP contribution in [0.2, 0.25) is 0 Å². The minimum atomic E-state index is 0.0919. The number of benzene rings is 1. The molecule has 2 aliphatic rings. The maximum absolute atomic E-state index is 12.5. The van der Waals surface area contributed by atoms with Crippen LogP contribution in [0.1, 0.15) is 30.1 Å². The Hall–Kier alpha value is -1.55. The average Bonchev–Trinajstić information content (AvgIpc) is 2.85. The fourth-order valence-electron chi connectivity index (χ4n) is 3.27. The Morgan fingerprint density at radius 2 is 2.10 bits per heavy atom. The maximum atomic E-state index is 12.5. The summed E-state index contributed by atoms with van der Waals surface area (Å²) in [6.07, 6.45) is 2.74. The van der Waals surface area contributed by atoms with Crippen molar-refractivity contribution in [1.82, 2.24) is 4.90 Å². The minimum absolute atomic E-state index is 0.0919. The van der Waals surface area contributed by atoms with Crippen molar-refractivity contribution in [3.63, 3.8) is 0 Å². The quantitative estimate of drug-likeness (QED) is 0.831. The summed E-state index contributed by atoms with van der Waals surface area (Å²) in [5.41, 5.74) is 0.718. The Labute approximate surface area is 119 Å². The second-order valence-electron chi connectivity index (χ2n) is 5.75. The van der Waals surface area contributed by atoms with E-state index in [2.05, 4.69) is 6.92 Å². The third-order valence-electron chi connectivity index (χ3n) is 4.36. The summed E-state index contributed by atoms with van der Waals surface area (Å²) < 4.78 is 11.0. The van der Waals surface area contributed by atoms with Crippen molar-refractivity contribution < 1.29 is 14.3 Å². The molecule has 4 nitrogen and oxygen atoms in total. The van der Waals surface area contributed by atoms with E-state index in [1.54, 1.807) is 7.11 Å². The van der Waals surface area contributed by atoms with Gasteiger partial charge in [-0.1, -0.05) is 0 Å². The molecule has 2 aliphatic heterocycles. The predicted octanol–water partition coefficient (Wildman–Crippen LogP) is 2.33. The van der Waals surface area contributed by atoms with E-state index in [1.165, 1.54) is 0 Å². The van der Waals surface area contributed by atoms with Gasteiger partial charge in [0.2, 0.25) is 0 Å². The fourth-order valence-corrected chi connectivity index (χ4v) is 3.27. The summed E-state index contributed by atoms with van der Waals surface area (Å²) in [5, 5.41) is 0. The Bertz CT molecular complexity index is 485. The first-order valence-electron chi connectivity index (χ1n) is 7.26. The molecule has 4 heteroatoms. The normalized spacial score (nSPS) is 29.1. The maximum Gasteiger partial charge on any atom is 0.253 e. The molecule has 3 rings (SSSR count). The highest BCUT2D eigenvalue weighted by atomic mass is 16.5. The monoisotopic (exact) mass is 275 g/mol. The second kappa shape index (κ2) is 5.44. The van der Waals surface area contributed by atoms with Gasteiger partial charge >= 0.3 is 0 Å². The number of carbonyl (C=O) groups excluding carboxylic acids is 1. The number of fused-ring (bicyclic) bond motifs is 1. The van der Waals surface area contributed by atoms with Gasteiger partial charge in [0.25, 0.3) is 5.91 Å². The van der Waals surface area contributed by atoms with Crippen molar-refractivity contribution in [3.8, 4) is 5.75 Å². The molecule has 1 aromatic carbocycles. The second-order valence-corrected chi connectivity index (χ2v) is 5.75. The number of ether oxygens (including phenoxy) is 2. The standard InChI is InChI=1S/C16H21NO3/c1-11-9-13-7-8-17(10-15(13)20-11)16(18)12-3-5-14(19-2)6-4-12/h3-6,11,13,15H,7-10H2,1-2H3/t11-,13+,15-/m1/s1. The van der Waals surface area contributed by atoms with Gasteiger partial charge in [-0.25, -0.2) is 0 Å². The molecule has 2 heterocycles. The van der Waals surface area contributed by atoms with Crippen molar-refractivity contribution >= 4 is 5.91 Å². The first-order valence-corrected chi connectivity index (χ1v) is 7.26. The van der Waals surface area contributed by atoms with Crippen molar-refractivity contribution in [2.24, 2.45) is 5.92 Å². The van der Waals surface area contributed by atoms with Gasteiger partial charge in [0.15, 0.2) is 0 Å². The molecule has 108 valence electrons. The highest BCUT2D eigenvalue weighted by Gasteiger charge is 2.38. The molecular formula is C16H21NO3. The zero-order valence-corrected chi connectivity index (χ0v) is 12.0. The van der Waals surface area contributed by atoms with E-state index >= 15 is 0 Å². The van der Waals surface area contributed by atoms with Crippen LogP contribution >= 0.6 is 0 Å². The van der Waals surface area contributed by atoms with Crippen molar-refractivity contribution in [2.45, 2.75) is 32.0 Å². The first-order chi connectivity index (χ1) is 9.67. The van der Waals surface area contributed by atoms with Crippen LogP contribution in [0.5, 0.6) is 5.75 Å². The summed E-state index contributed by atoms with van der Waals surface area (Å²) in [6.45, 7) is 3.68. The molecule has 20 heavy (non-hydrogen) atoms. The number of carbonyl (C=O) groups is 1. The van der Waals surface area contributed by atoms with Crippen molar-refractivity contribution in [1.29, 1.82) is 0 Å². The van der Waals surface area contributed by atoms with E-state index in [-0.39, 0.29) is 12.0 Å². The predicted molar refractivity (Wildman–Crippen MR) is 76.0 cm³/mol. The van der Waals surface area contributed by atoms with Crippen LogP contribution in [0.4, 0.5) is 0 Å². The summed E-state index contributed by atoms with van der Waals surface area (Å²) in [4.78, 5) is 14.4. The zero-order chi connectivity index (χ0) is 14.1. The summed E-state index contributed by atoms with van der Waals surface area (Å²) in [6, 6.07) is 7.30. The minimum Gasteiger partial charge on any atom is -0.497 e. The lowest BCUT2D eigenvalue weighted by Gasteiger charge is -2.34. The van der Waals surface area contributed by atoms with Crippen LogP contribution < -0.4 is 4.74 Å². The Morgan fingerprint density at radius 1 is 1.35 bits per heavy atom. The number of amides is 1. The lowest BCUT2D eigenvalue weighted by atomic mass is 9.92. The third kappa shape index (κ3) is 2.52. The van der Waals surface area contributed by atoms with E-state index in [1.807, 2.05) is 29.2 Å². The Kier molecular flexibility index (Phi) is 3.66. The van der Waals surface area contributed by atoms with E-state index in [4.69, 9.17) is 9.47 Å². The molecule has 0 bridgehead atoms. The summed E-state index contributed by atoms with van der Waals surface area (Å²) in [5.74, 6) is 1.49. The van der Waals surface area contributed by atoms with Crippen LogP contribution in [0.25, 0.3) is 0 Å². The van der Waals surface area contributed by atoms with E-state index < -0.39 is 0 Å². The number of methoxy groups -OCH3 is 1. The number of likely N-dealkylation sites (tertiary alicyclic amines) is 1. The first kappa shape index (κ1) is 13.4. The van der Waals surface area contributed by atoms with Crippen LogP contribution in [-0.2, 0) is 4.74 Å². The molecule has 2 saturated heterocycles. The van der Waals surface area contributed by atoms with Gasteiger partial charge in [0.1, 0.15) is 5.75 Å². The molecule has 0 N–H and O–H groups in total. The van der Waals surface area contributed by atoms with Crippen LogP contribution in [0.3, 0.4) is 0 Å². The molecular weight excluding hydrogens is 254 g/mol. The van der Waals surface area contributed by atoms with Gasteiger partial charge in [-0.3, -0.25) is 4.79 Å². The molecule has 0 aromatic heterocycles. The molecule has 0 saturated carbocycles. The van der Waals surface area contributed by atoms with Gasteiger partial charge in [-0.05, 0) is 49.9 Å². The molecule has 1 aromatic rings. The van der Waals surface area contributed by atoms with Gasteiger partial charge < -0.3 is 14.4 Å². The van der Waals surface area contributed by atoms with Crippen LogP contribution in [-0.4, -0.2) is 43.2 Å². The number of piperidine rings is 1. The third-order valence-corrected chi connectivity index (χ3v) is 4.36. The molecule has 0 spiro atoms. The zero-order valence-electron chi connectivity index (χ0n) is 12.0. The number of rotatable bonds is 2. The molecule has 0 aliphatic carbocycles. The van der Waals surface area contributed by atoms with E-state index in [0.717, 1.165) is 37.2 Å². The van der Waals surface area contributed by atoms with Crippen molar-refractivity contribution in [2.75, 3.05) is 20.2 Å². The molecule has 3 atom stereocenters. The SMILES string of the molecule is COc1ccc(C(=O)N2CC[C@H]3C[C@@H](C)O[C@@H]3C2)cc1. The highest BCUT2D eigenvalue weighted by molar-refractivity contribution is 5.94. The largest absolute Gasteiger partial charge is 0.497 e. The molecule has 0 radical (unpaired) electrons. The lowest BCUT2D eigenvalue weighted by Crippen LogP contribution is -2.45. The van der Waals surface area contributed by atoms with Gasteiger partial charge in [-0.15, -0.1) is 0 Å². The van der Waals surface area contributed by atoms with Gasteiger partial charge in [0, 0.05) is 18.7 Å². The summed E-state index contributed by atoms with van der Waals surface area (Å²) >= 11 is 0. The van der Waals surface area contributed by atoms with Crippen LogP contribution in [0.15, 0.2) is 24.3 Å². The van der Waals surface area contributed by atoms with E-state index in [0.29, 0.717) is 12.0 Å². The molecule has 0 unspecified atom stereocenters. The lowest BCUT2D eigenvalue weighted by molar-refractivity contribution is 0.00156. The number of hydrogen-bond donors (Lipinski definition) is 0.